The summed E-state index contributed by atoms with van der Waals surface area (Å²) in [5.41, 5.74) is 11.3. The molecule has 0 aromatic rings. The van der Waals surface area contributed by atoms with Crippen LogP contribution in [0.5, 0.6) is 0 Å². The Bertz CT molecular complexity index is 588. The number of unbranched alkanes of at least 4 members (excludes halogenated alkanes) is 1. The number of carboxylic acids is 1. The molecule has 3 amide bonds. The zero-order valence-corrected chi connectivity index (χ0v) is 19.1. The lowest BCUT2D eigenvalue weighted by Crippen LogP contribution is -2.58. The van der Waals surface area contributed by atoms with Crippen LogP contribution in [0, 0.1) is 11.8 Å². The van der Waals surface area contributed by atoms with Crippen molar-refractivity contribution in [3.8, 4) is 0 Å². The first-order chi connectivity index (χ1) is 14.0. The molecule has 0 bridgehead atoms. The second kappa shape index (κ2) is 14.2. The van der Waals surface area contributed by atoms with Crippen molar-refractivity contribution in [3.63, 3.8) is 0 Å². The molecule has 30 heavy (non-hydrogen) atoms. The summed E-state index contributed by atoms with van der Waals surface area (Å²) in [6.45, 7) is 7.34. The first kappa shape index (κ1) is 28.1. The zero-order chi connectivity index (χ0) is 23.4. The smallest absolute Gasteiger partial charge is 0.326 e. The summed E-state index contributed by atoms with van der Waals surface area (Å²) in [5.74, 6) is -3.31. The Morgan fingerprint density at radius 2 is 1.40 bits per heavy atom. The normalized spacial score (nSPS) is 15.2. The van der Waals surface area contributed by atoms with Gasteiger partial charge in [0.25, 0.3) is 0 Å². The van der Waals surface area contributed by atoms with Gasteiger partial charge in [-0.05, 0) is 37.6 Å². The Hall–Kier alpha value is -1.85. The second-order valence-electron chi connectivity index (χ2n) is 7.93. The summed E-state index contributed by atoms with van der Waals surface area (Å²) in [5, 5.41) is 16.9. The minimum absolute atomic E-state index is 0.00325. The Morgan fingerprint density at radius 3 is 1.83 bits per heavy atom. The van der Waals surface area contributed by atoms with Crippen LogP contribution in [-0.2, 0) is 19.2 Å². The molecule has 0 spiro atoms. The van der Waals surface area contributed by atoms with Crippen molar-refractivity contribution in [2.24, 2.45) is 23.3 Å². The van der Waals surface area contributed by atoms with Gasteiger partial charge in [0.05, 0.1) is 6.04 Å². The van der Waals surface area contributed by atoms with Crippen LogP contribution in [0.15, 0.2) is 0 Å². The van der Waals surface area contributed by atoms with Gasteiger partial charge in [0.1, 0.15) is 18.1 Å². The molecule has 0 heterocycles. The van der Waals surface area contributed by atoms with Crippen molar-refractivity contribution in [3.05, 3.63) is 0 Å². The van der Waals surface area contributed by atoms with E-state index in [-0.39, 0.29) is 24.0 Å². The number of nitrogens with one attached hydrogen (secondary N) is 3. The van der Waals surface area contributed by atoms with Crippen molar-refractivity contribution in [1.29, 1.82) is 0 Å². The maximum Gasteiger partial charge on any atom is 0.326 e. The van der Waals surface area contributed by atoms with Gasteiger partial charge in [0, 0.05) is 5.75 Å². The first-order valence-electron chi connectivity index (χ1n) is 10.2. The standard InChI is InChI=1S/C19H37N5O5S/c1-10(2)14(21)18(27)23-13(9-30)17(26)22-12(7-5-6-8-20)16(25)24-15(11(3)4)19(28)29/h10-15,30H,5-9,20-21H2,1-4H3,(H,22,26)(H,23,27)(H,24,25)(H,28,29). The number of aliphatic carboxylic acids is 1. The highest BCUT2D eigenvalue weighted by Gasteiger charge is 2.31. The van der Waals surface area contributed by atoms with Gasteiger partial charge in [0.15, 0.2) is 0 Å². The number of hydrogen-bond donors (Lipinski definition) is 7. The van der Waals surface area contributed by atoms with E-state index in [4.69, 9.17) is 11.5 Å². The Labute approximate surface area is 183 Å². The van der Waals surface area contributed by atoms with E-state index in [1.165, 1.54) is 0 Å². The maximum absolute atomic E-state index is 12.7. The number of nitrogens with two attached hydrogens (primary N) is 2. The van der Waals surface area contributed by atoms with E-state index in [1.807, 2.05) is 0 Å². The number of thiol groups is 1. The van der Waals surface area contributed by atoms with Crippen LogP contribution in [0.4, 0.5) is 0 Å². The number of rotatable bonds is 14. The van der Waals surface area contributed by atoms with Gasteiger partial charge in [-0.15, -0.1) is 0 Å². The van der Waals surface area contributed by atoms with Crippen molar-refractivity contribution < 1.29 is 24.3 Å². The van der Waals surface area contributed by atoms with Crippen molar-refractivity contribution in [2.75, 3.05) is 12.3 Å². The highest BCUT2D eigenvalue weighted by Crippen LogP contribution is 2.07. The molecule has 4 unspecified atom stereocenters. The zero-order valence-electron chi connectivity index (χ0n) is 18.2. The van der Waals surface area contributed by atoms with E-state index in [0.29, 0.717) is 19.4 Å². The summed E-state index contributed by atoms with van der Waals surface area (Å²) in [6.07, 6.45) is 1.48. The summed E-state index contributed by atoms with van der Waals surface area (Å²) >= 11 is 4.11. The molecule has 0 aliphatic carbocycles. The van der Waals surface area contributed by atoms with Crippen molar-refractivity contribution >= 4 is 36.3 Å². The third-order valence-electron chi connectivity index (χ3n) is 4.65. The van der Waals surface area contributed by atoms with Crippen LogP contribution in [0.3, 0.4) is 0 Å². The van der Waals surface area contributed by atoms with Crippen LogP contribution in [0.2, 0.25) is 0 Å². The molecule has 0 saturated carbocycles. The van der Waals surface area contributed by atoms with E-state index < -0.39 is 47.9 Å². The summed E-state index contributed by atoms with van der Waals surface area (Å²) in [4.78, 5) is 48.9. The summed E-state index contributed by atoms with van der Waals surface area (Å²) in [6, 6.07) is -3.83. The lowest BCUT2D eigenvalue weighted by Gasteiger charge is -2.26. The van der Waals surface area contributed by atoms with E-state index in [0.717, 1.165) is 0 Å². The Morgan fingerprint density at radius 1 is 0.867 bits per heavy atom. The minimum Gasteiger partial charge on any atom is -0.480 e. The molecule has 174 valence electrons. The molecule has 11 heteroatoms. The number of hydrogen-bond acceptors (Lipinski definition) is 7. The number of carbonyl (C=O) groups excluding carboxylic acids is 3. The van der Waals surface area contributed by atoms with Crippen LogP contribution in [0.25, 0.3) is 0 Å². The van der Waals surface area contributed by atoms with Gasteiger partial charge < -0.3 is 32.5 Å². The fourth-order valence-corrected chi connectivity index (χ4v) is 2.82. The van der Waals surface area contributed by atoms with Crippen molar-refractivity contribution in [1.82, 2.24) is 16.0 Å². The molecule has 0 fully saturated rings. The van der Waals surface area contributed by atoms with E-state index in [1.54, 1.807) is 27.7 Å². The molecular formula is C19H37N5O5S. The van der Waals surface area contributed by atoms with Crippen LogP contribution < -0.4 is 27.4 Å². The molecule has 0 saturated heterocycles. The largest absolute Gasteiger partial charge is 0.480 e. The summed E-state index contributed by atoms with van der Waals surface area (Å²) < 4.78 is 0. The maximum atomic E-state index is 12.7. The monoisotopic (exact) mass is 447 g/mol. The Balaban J connectivity index is 5.27. The number of carboxylic acid groups (broad SMARTS) is 1. The van der Waals surface area contributed by atoms with Crippen molar-refractivity contribution in [2.45, 2.75) is 71.1 Å². The first-order valence-corrected chi connectivity index (χ1v) is 10.8. The third-order valence-corrected chi connectivity index (χ3v) is 5.01. The molecule has 0 aliphatic rings. The molecule has 0 aromatic carbocycles. The van der Waals surface area contributed by atoms with Gasteiger partial charge in [-0.2, -0.15) is 12.6 Å². The van der Waals surface area contributed by atoms with Crippen LogP contribution in [0.1, 0.15) is 47.0 Å². The van der Waals surface area contributed by atoms with Gasteiger partial charge in [-0.25, -0.2) is 4.79 Å². The topological polar surface area (TPSA) is 177 Å². The van der Waals surface area contributed by atoms with Crippen LogP contribution in [-0.4, -0.2) is 65.3 Å². The predicted octanol–water partition coefficient (Wildman–Crippen LogP) is -0.776. The molecule has 8 N–H and O–H groups in total. The fraction of sp³-hybridized carbons (Fsp3) is 0.789. The highest BCUT2D eigenvalue weighted by atomic mass is 32.1. The molecule has 0 aromatic heterocycles. The lowest BCUT2D eigenvalue weighted by atomic mass is 10.0. The van der Waals surface area contributed by atoms with E-state index >= 15 is 0 Å². The van der Waals surface area contributed by atoms with Crippen LogP contribution >= 0.6 is 12.6 Å². The average molecular weight is 448 g/mol. The molecule has 0 rings (SSSR count). The minimum atomic E-state index is -1.16. The van der Waals surface area contributed by atoms with Gasteiger partial charge >= 0.3 is 5.97 Å². The summed E-state index contributed by atoms with van der Waals surface area (Å²) in [7, 11) is 0. The lowest BCUT2D eigenvalue weighted by molar-refractivity contribution is -0.143. The molecule has 10 nitrogen and oxygen atoms in total. The third kappa shape index (κ3) is 9.77. The van der Waals surface area contributed by atoms with E-state index in [2.05, 4.69) is 28.6 Å². The highest BCUT2D eigenvalue weighted by molar-refractivity contribution is 7.80. The second-order valence-corrected chi connectivity index (χ2v) is 8.29. The average Bonchev–Trinajstić information content (AvgIpc) is 2.67. The molecule has 0 radical (unpaired) electrons. The van der Waals surface area contributed by atoms with Gasteiger partial charge in [-0.1, -0.05) is 27.7 Å². The fourth-order valence-electron chi connectivity index (χ4n) is 2.57. The number of amides is 3. The van der Waals surface area contributed by atoms with Gasteiger partial charge in [-0.3, -0.25) is 14.4 Å². The van der Waals surface area contributed by atoms with Gasteiger partial charge in [0.2, 0.25) is 17.7 Å². The predicted molar refractivity (Wildman–Crippen MR) is 118 cm³/mol. The number of carbonyl (C=O) groups is 4. The quantitative estimate of drug-likeness (QED) is 0.135. The Kier molecular flexibility index (Phi) is 13.3. The molecule has 0 aliphatic heterocycles. The van der Waals surface area contributed by atoms with E-state index in [9.17, 15) is 24.3 Å². The molecule has 4 atom stereocenters. The molecular weight excluding hydrogens is 410 g/mol. The SMILES string of the molecule is CC(C)C(N)C(=O)NC(CS)C(=O)NC(CCCCN)C(=O)NC(C(=O)O)C(C)C.